The van der Waals surface area contributed by atoms with Gasteiger partial charge in [-0.3, -0.25) is 0 Å². The van der Waals surface area contributed by atoms with Gasteiger partial charge in [0.15, 0.2) is 0 Å². The van der Waals surface area contributed by atoms with Crippen LogP contribution in [0, 0.1) is 6.92 Å². The SMILES string of the molecule is Cc1nc2ccccc2nc1S[C@@H]1CCOC1. The van der Waals surface area contributed by atoms with E-state index in [1.807, 2.05) is 31.2 Å². The average molecular weight is 246 g/mol. The number of fused-ring (bicyclic) bond motifs is 1. The van der Waals surface area contributed by atoms with Gasteiger partial charge >= 0.3 is 0 Å². The molecule has 1 aromatic carbocycles. The standard InChI is InChI=1S/C13H14N2OS/c1-9-13(17-10-6-7-16-8-10)15-12-5-3-2-4-11(12)14-9/h2-5,10H,6-8H2,1H3/t10-/m1/s1. The maximum atomic E-state index is 5.39. The number of para-hydroxylation sites is 2. The van der Waals surface area contributed by atoms with Gasteiger partial charge in [-0.2, -0.15) is 0 Å². The van der Waals surface area contributed by atoms with Gasteiger partial charge < -0.3 is 4.74 Å². The Kier molecular flexibility index (Phi) is 2.99. The highest BCUT2D eigenvalue weighted by Crippen LogP contribution is 2.29. The van der Waals surface area contributed by atoms with Crippen LogP contribution in [0.25, 0.3) is 11.0 Å². The number of aromatic nitrogens is 2. The Morgan fingerprint density at radius 1 is 1.24 bits per heavy atom. The second kappa shape index (κ2) is 4.63. The lowest BCUT2D eigenvalue weighted by molar-refractivity contribution is 0.199. The number of rotatable bonds is 2. The van der Waals surface area contributed by atoms with Crippen LogP contribution in [0.15, 0.2) is 29.3 Å². The van der Waals surface area contributed by atoms with E-state index in [1.165, 1.54) is 0 Å². The maximum absolute atomic E-state index is 5.39. The number of hydrogen-bond donors (Lipinski definition) is 0. The Hall–Kier alpha value is -1.13. The third-order valence-electron chi connectivity index (χ3n) is 2.87. The Bertz CT molecular complexity index is 538. The lowest BCUT2D eigenvalue weighted by Gasteiger charge is -2.09. The fourth-order valence-corrected chi connectivity index (χ4v) is 3.01. The zero-order chi connectivity index (χ0) is 11.7. The largest absolute Gasteiger partial charge is 0.380 e. The Morgan fingerprint density at radius 3 is 2.71 bits per heavy atom. The van der Waals surface area contributed by atoms with Crippen molar-refractivity contribution in [2.75, 3.05) is 13.2 Å². The van der Waals surface area contributed by atoms with Crippen molar-refractivity contribution < 1.29 is 4.74 Å². The lowest BCUT2D eigenvalue weighted by atomic mass is 10.3. The predicted octanol–water partition coefficient (Wildman–Crippen LogP) is 2.82. The molecule has 0 saturated carbocycles. The van der Waals surface area contributed by atoms with Gasteiger partial charge in [0.25, 0.3) is 0 Å². The second-order valence-corrected chi connectivity index (χ2v) is 5.50. The summed E-state index contributed by atoms with van der Waals surface area (Å²) in [6.07, 6.45) is 1.11. The highest BCUT2D eigenvalue weighted by molar-refractivity contribution is 7.99. The Balaban J connectivity index is 1.95. The van der Waals surface area contributed by atoms with Crippen LogP contribution in [0.3, 0.4) is 0 Å². The molecular formula is C13H14N2OS. The molecule has 0 N–H and O–H groups in total. The summed E-state index contributed by atoms with van der Waals surface area (Å²) in [5, 5.41) is 1.57. The van der Waals surface area contributed by atoms with E-state index in [1.54, 1.807) is 11.8 Å². The van der Waals surface area contributed by atoms with Crippen molar-refractivity contribution in [2.45, 2.75) is 23.6 Å². The first kappa shape index (κ1) is 11.0. The number of ether oxygens (including phenoxy) is 1. The molecule has 1 aromatic heterocycles. The number of nitrogens with zero attached hydrogens (tertiary/aromatic N) is 2. The molecule has 0 spiro atoms. The molecule has 0 amide bonds. The maximum Gasteiger partial charge on any atom is 0.118 e. The van der Waals surface area contributed by atoms with Crippen molar-refractivity contribution in [3.8, 4) is 0 Å². The molecule has 0 unspecified atom stereocenters. The summed E-state index contributed by atoms with van der Waals surface area (Å²) in [5.74, 6) is 0. The molecule has 0 aliphatic carbocycles. The zero-order valence-electron chi connectivity index (χ0n) is 9.72. The van der Waals surface area contributed by atoms with E-state index in [4.69, 9.17) is 4.74 Å². The molecule has 2 heterocycles. The molecule has 1 aliphatic rings. The van der Waals surface area contributed by atoms with Crippen LogP contribution in [-0.4, -0.2) is 28.4 Å². The van der Waals surface area contributed by atoms with Crippen LogP contribution in [0.2, 0.25) is 0 Å². The molecule has 1 aliphatic heterocycles. The van der Waals surface area contributed by atoms with E-state index in [9.17, 15) is 0 Å². The lowest BCUT2D eigenvalue weighted by Crippen LogP contribution is -2.03. The summed E-state index contributed by atoms with van der Waals surface area (Å²) in [5.41, 5.74) is 2.96. The third-order valence-corrected chi connectivity index (χ3v) is 4.18. The molecule has 17 heavy (non-hydrogen) atoms. The highest BCUT2D eigenvalue weighted by atomic mass is 32.2. The first-order valence-electron chi connectivity index (χ1n) is 5.81. The van der Waals surface area contributed by atoms with Gasteiger partial charge in [0, 0.05) is 11.9 Å². The summed E-state index contributed by atoms with van der Waals surface area (Å²) in [7, 11) is 0. The van der Waals surface area contributed by atoms with Gasteiger partial charge in [0.1, 0.15) is 5.03 Å². The van der Waals surface area contributed by atoms with Gasteiger partial charge in [0.2, 0.25) is 0 Å². The molecule has 88 valence electrons. The molecule has 1 atom stereocenters. The monoisotopic (exact) mass is 246 g/mol. The van der Waals surface area contributed by atoms with Crippen molar-refractivity contribution in [1.82, 2.24) is 9.97 Å². The summed E-state index contributed by atoms with van der Waals surface area (Å²) in [6.45, 7) is 3.73. The van der Waals surface area contributed by atoms with E-state index in [0.29, 0.717) is 5.25 Å². The first-order valence-corrected chi connectivity index (χ1v) is 6.69. The van der Waals surface area contributed by atoms with Crippen LogP contribution in [-0.2, 0) is 4.74 Å². The Labute approximate surface area is 105 Å². The predicted molar refractivity (Wildman–Crippen MR) is 69.4 cm³/mol. The van der Waals surface area contributed by atoms with E-state index in [0.717, 1.165) is 41.4 Å². The van der Waals surface area contributed by atoms with Crippen molar-refractivity contribution in [3.63, 3.8) is 0 Å². The Morgan fingerprint density at radius 2 is 2.00 bits per heavy atom. The number of aryl methyl sites for hydroxylation is 1. The molecule has 1 saturated heterocycles. The van der Waals surface area contributed by atoms with Crippen LogP contribution in [0.5, 0.6) is 0 Å². The van der Waals surface area contributed by atoms with E-state index in [-0.39, 0.29) is 0 Å². The highest BCUT2D eigenvalue weighted by Gasteiger charge is 2.19. The van der Waals surface area contributed by atoms with Crippen molar-refractivity contribution in [1.29, 1.82) is 0 Å². The van der Waals surface area contributed by atoms with Crippen LogP contribution >= 0.6 is 11.8 Å². The minimum absolute atomic E-state index is 0.532. The fourth-order valence-electron chi connectivity index (χ4n) is 1.95. The minimum atomic E-state index is 0.532. The molecule has 4 heteroatoms. The first-order chi connectivity index (χ1) is 8.33. The van der Waals surface area contributed by atoms with Gasteiger partial charge in [-0.25, -0.2) is 9.97 Å². The third kappa shape index (κ3) is 2.28. The minimum Gasteiger partial charge on any atom is -0.380 e. The van der Waals surface area contributed by atoms with Gasteiger partial charge in [-0.15, -0.1) is 0 Å². The van der Waals surface area contributed by atoms with Crippen molar-refractivity contribution in [2.24, 2.45) is 0 Å². The van der Waals surface area contributed by atoms with E-state index < -0.39 is 0 Å². The normalized spacial score (nSPS) is 19.9. The summed E-state index contributed by atoms with van der Waals surface area (Å²) >= 11 is 1.79. The molecule has 3 rings (SSSR count). The summed E-state index contributed by atoms with van der Waals surface area (Å²) in [6, 6.07) is 8.01. The van der Waals surface area contributed by atoms with E-state index >= 15 is 0 Å². The van der Waals surface area contributed by atoms with Crippen LogP contribution in [0.4, 0.5) is 0 Å². The van der Waals surface area contributed by atoms with Gasteiger partial charge in [-0.05, 0) is 25.5 Å². The number of benzene rings is 1. The summed E-state index contributed by atoms with van der Waals surface area (Å²) in [4.78, 5) is 9.28. The van der Waals surface area contributed by atoms with Crippen molar-refractivity contribution >= 4 is 22.8 Å². The molecular weight excluding hydrogens is 232 g/mol. The average Bonchev–Trinajstić information content (AvgIpc) is 2.83. The van der Waals surface area contributed by atoms with E-state index in [2.05, 4.69) is 9.97 Å². The van der Waals surface area contributed by atoms with Crippen LogP contribution < -0.4 is 0 Å². The number of thioether (sulfide) groups is 1. The zero-order valence-corrected chi connectivity index (χ0v) is 10.5. The molecule has 2 aromatic rings. The van der Waals surface area contributed by atoms with Crippen molar-refractivity contribution in [3.05, 3.63) is 30.0 Å². The van der Waals surface area contributed by atoms with Crippen LogP contribution in [0.1, 0.15) is 12.1 Å². The second-order valence-electron chi connectivity index (χ2n) is 4.21. The fraction of sp³-hybridized carbons (Fsp3) is 0.385. The smallest absolute Gasteiger partial charge is 0.118 e. The molecule has 0 bridgehead atoms. The van der Waals surface area contributed by atoms with Gasteiger partial charge in [-0.1, -0.05) is 23.9 Å². The van der Waals surface area contributed by atoms with Gasteiger partial charge in [0.05, 0.1) is 23.3 Å². The topological polar surface area (TPSA) is 35.0 Å². The molecule has 3 nitrogen and oxygen atoms in total. The molecule has 1 fully saturated rings. The molecule has 0 radical (unpaired) electrons. The summed E-state index contributed by atoms with van der Waals surface area (Å²) < 4.78 is 5.39. The number of hydrogen-bond acceptors (Lipinski definition) is 4. The quantitative estimate of drug-likeness (QED) is 0.816.